The summed E-state index contributed by atoms with van der Waals surface area (Å²) >= 11 is 0. The summed E-state index contributed by atoms with van der Waals surface area (Å²) < 4.78 is 34.7. The molecule has 1 amide bonds. The molecule has 0 unspecified atom stereocenters. The van der Waals surface area contributed by atoms with E-state index in [1.165, 1.54) is 4.31 Å². The van der Waals surface area contributed by atoms with E-state index in [0.717, 1.165) is 11.1 Å². The van der Waals surface area contributed by atoms with E-state index in [0.29, 0.717) is 13.0 Å². The van der Waals surface area contributed by atoms with Gasteiger partial charge in [-0.25, -0.2) is 8.42 Å². The van der Waals surface area contributed by atoms with Crippen molar-refractivity contribution in [2.24, 2.45) is 5.92 Å². The standard InChI is InChI=1S/C26H34N2O5S/c1-5-26(30)27(4)17-24-19(2)16-28(20(3)18-29)34(31,32)25-14-13-22(15-23(25)33-24)12-11-21-9-7-6-8-10-21/h6-15,19-20,24,29H,5,16-18H2,1-4H3/b12-11+/t19-,20-,24+/m0/s1. The molecule has 3 rings (SSSR count). The second-order valence-corrected chi connectivity index (χ2v) is 10.7. The van der Waals surface area contributed by atoms with Crippen LogP contribution in [0.2, 0.25) is 0 Å². The zero-order valence-electron chi connectivity index (χ0n) is 20.2. The van der Waals surface area contributed by atoms with Gasteiger partial charge >= 0.3 is 0 Å². The number of fused-ring (bicyclic) bond motifs is 1. The number of amides is 1. The van der Waals surface area contributed by atoms with Gasteiger partial charge in [0.05, 0.1) is 13.2 Å². The lowest BCUT2D eigenvalue weighted by Crippen LogP contribution is -2.50. The van der Waals surface area contributed by atoms with Crippen molar-refractivity contribution in [2.75, 3.05) is 26.7 Å². The Balaban J connectivity index is 2.04. The third kappa shape index (κ3) is 5.87. The first-order valence-electron chi connectivity index (χ1n) is 11.6. The molecule has 0 fully saturated rings. The molecule has 7 nitrogen and oxygen atoms in total. The van der Waals surface area contributed by atoms with Gasteiger partial charge in [-0.3, -0.25) is 4.79 Å². The quantitative estimate of drug-likeness (QED) is 0.606. The summed E-state index contributed by atoms with van der Waals surface area (Å²) in [5, 5.41) is 9.75. The Hall–Kier alpha value is -2.68. The predicted octanol–water partition coefficient (Wildman–Crippen LogP) is 3.49. The maximum absolute atomic E-state index is 13.5. The maximum atomic E-state index is 13.5. The van der Waals surface area contributed by atoms with Crippen LogP contribution in [-0.4, -0.2) is 67.5 Å². The van der Waals surface area contributed by atoms with Crippen LogP contribution in [0.4, 0.5) is 0 Å². The zero-order chi connectivity index (χ0) is 24.9. The summed E-state index contributed by atoms with van der Waals surface area (Å²) in [4.78, 5) is 13.9. The maximum Gasteiger partial charge on any atom is 0.247 e. The first kappa shape index (κ1) is 25.9. The Morgan fingerprint density at radius 2 is 1.88 bits per heavy atom. The molecule has 2 aromatic carbocycles. The van der Waals surface area contributed by atoms with Crippen LogP contribution in [0.15, 0.2) is 53.4 Å². The van der Waals surface area contributed by atoms with E-state index in [1.807, 2.05) is 49.4 Å². The minimum absolute atomic E-state index is 0.00849. The smallest absolute Gasteiger partial charge is 0.247 e. The molecule has 184 valence electrons. The summed E-state index contributed by atoms with van der Waals surface area (Å²) in [6.07, 6.45) is 3.82. The number of aliphatic hydroxyl groups excluding tert-OH is 1. The van der Waals surface area contributed by atoms with Gasteiger partial charge in [-0.05, 0) is 30.2 Å². The largest absolute Gasteiger partial charge is 0.487 e. The first-order valence-corrected chi connectivity index (χ1v) is 13.0. The average molecular weight is 487 g/mol. The Kier molecular flexibility index (Phi) is 8.52. The van der Waals surface area contributed by atoms with E-state index < -0.39 is 22.2 Å². The molecule has 0 saturated carbocycles. The van der Waals surface area contributed by atoms with Gasteiger partial charge in [0.2, 0.25) is 15.9 Å². The molecule has 0 aliphatic carbocycles. The van der Waals surface area contributed by atoms with Crippen molar-refractivity contribution < 1.29 is 23.1 Å². The van der Waals surface area contributed by atoms with Crippen LogP contribution in [0.3, 0.4) is 0 Å². The fourth-order valence-electron chi connectivity index (χ4n) is 3.96. The molecule has 0 saturated heterocycles. The Bertz CT molecular complexity index is 1120. The fraction of sp³-hybridized carbons (Fsp3) is 0.423. The van der Waals surface area contributed by atoms with Crippen LogP contribution in [0.1, 0.15) is 38.3 Å². The minimum atomic E-state index is -3.90. The topological polar surface area (TPSA) is 87.2 Å². The number of rotatable bonds is 7. The van der Waals surface area contributed by atoms with Gasteiger partial charge in [-0.15, -0.1) is 0 Å². The van der Waals surface area contributed by atoms with E-state index in [-0.39, 0.29) is 35.6 Å². The molecule has 0 bridgehead atoms. The molecule has 0 aromatic heterocycles. The molecular weight excluding hydrogens is 452 g/mol. The van der Waals surface area contributed by atoms with E-state index >= 15 is 0 Å². The van der Waals surface area contributed by atoms with Gasteiger partial charge in [0.25, 0.3) is 0 Å². The van der Waals surface area contributed by atoms with Crippen LogP contribution in [0, 0.1) is 5.92 Å². The van der Waals surface area contributed by atoms with Gasteiger partial charge in [0.1, 0.15) is 16.7 Å². The molecule has 1 heterocycles. The number of benzene rings is 2. The van der Waals surface area contributed by atoms with Gasteiger partial charge in [-0.1, -0.05) is 62.4 Å². The second kappa shape index (κ2) is 11.2. The van der Waals surface area contributed by atoms with E-state index in [1.54, 1.807) is 44.0 Å². The van der Waals surface area contributed by atoms with Crippen molar-refractivity contribution in [3.05, 3.63) is 59.7 Å². The van der Waals surface area contributed by atoms with Crippen LogP contribution in [0.5, 0.6) is 5.75 Å². The lowest BCUT2D eigenvalue weighted by Gasteiger charge is -2.37. The van der Waals surface area contributed by atoms with Crippen molar-refractivity contribution in [3.63, 3.8) is 0 Å². The number of sulfonamides is 1. The van der Waals surface area contributed by atoms with Crippen LogP contribution < -0.4 is 4.74 Å². The lowest BCUT2D eigenvalue weighted by molar-refractivity contribution is -0.131. The third-order valence-electron chi connectivity index (χ3n) is 6.14. The van der Waals surface area contributed by atoms with Crippen molar-refractivity contribution in [3.8, 4) is 5.75 Å². The van der Waals surface area contributed by atoms with Gasteiger partial charge in [-0.2, -0.15) is 4.31 Å². The van der Waals surface area contributed by atoms with Crippen LogP contribution in [-0.2, 0) is 14.8 Å². The molecule has 0 radical (unpaired) electrons. The normalized spacial score (nSPS) is 21.2. The number of ether oxygens (including phenoxy) is 1. The summed E-state index contributed by atoms with van der Waals surface area (Å²) in [7, 11) is -2.17. The third-order valence-corrected chi connectivity index (χ3v) is 8.16. The SMILES string of the molecule is CCC(=O)N(C)C[C@H]1Oc2cc(/C=C/c3ccccc3)ccc2S(=O)(=O)N([C@@H](C)CO)C[C@@H]1C. The molecule has 34 heavy (non-hydrogen) atoms. The predicted molar refractivity (Wildman–Crippen MR) is 134 cm³/mol. The zero-order valence-corrected chi connectivity index (χ0v) is 21.0. The number of aliphatic hydroxyl groups is 1. The van der Waals surface area contributed by atoms with Crippen molar-refractivity contribution in [1.82, 2.24) is 9.21 Å². The number of nitrogens with zero attached hydrogens (tertiary/aromatic N) is 2. The summed E-state index contributed by atoms with van der Waals surface area (Å²) in [6.45, 7) is 5.62. The number of carbonyl (C=O) groups is 1. The van der Waals surface area contributed by atoms with Crippen molar-refractivity contribution in [2.45, 2.75) is 44.2 Å². The Morgan fingerprint density at radius 3 is 2.53 bits per heavy atom. The Labute approximate surface area is 202 Å². The monoisotopic (exact) mass is 486 g/mol. The minimum Gasteiger partial charge on any atom is -0.487 e. The Morgan fingerprint density at radius 1 is 1.21 bits per heavy atom. The number of carbonyl (C=O) groups excluding carboxylic acids is 1. The molecular formula is C26H34N2O5S. The molecule has 8 heteroatoms. The van der Waals surface area contributed by atoms with Gasteiger partial charge < -0.3 is 14.7 Å². The summed E-state index contributed by atoms with van der Waals surface area (Å²) in [6, 6.07) is 14.2. The van der Waals surface area contributed by atoms with E-state index in [4.69, 9.17) is 4.74 Å². The van der Waals surface area contributed by atoms with Crippen molar-refractivity contribution >= 4 is 28.1 Å². The lowest BCUT2D eigenvalue weighted by atomic mass is 10.0. The van der Waals surface area contributed by atoms with Crippen molar-refractivity contribution in [1.29, 1.82) is 0 Å². The average Bonchev–Trinajstić information content (AvgIpc) is 2.84. The molecule has 1 aliphatic heterocycles. The van der Waals surface area contributed by atoms with Crippen LogP contribution in [0.25, 0.3) is 12.2 Å². The molecule has 2 aromatic rings. The van der Waals surface area contributed by atoms with E-state index in [2.05, 4.69) is 0 Å². The summed E-state index contributed by atoms with van der Waals surface area (Å²) in [5.74, 6) is 0.0256. The van der Waals surface area contributed by atoms with Crippen LogP contribution >= 0.6 is 0 Å². The number of hydrogen-bond donors (Lipinski definition) is 1. The molecule has 0 spiro atoms. The highest BCUT2D eigenvalue weighted by molar-refractivity contribution is 7.89. The number of likely N-dealkylation sites (N-methyl/N-ethyl adjacent to an activating group) is 1. The highest BCUT2D eigenvalue weighted by Gasteiger charge is 2.38. The second-order valence-electron chi connectivity index (χ2n) is 8.82. The van der Waals surface area contributed by atoms with Gasteiger partial charge in [0, 0.05) is 32.0 Å². The molecule has 1 N–H and O–H groups in total. The van der Waals surface area contributed by atoms with Gasteiger partial charge in [0.15, 0.2) is 0 Å². The highest BCUT2D eigenvalue weighted by Crippen LogP contribution is 2.34. The molecule has 1 aliphatic rings. The highest BCUT2D eigenvalue weighted by atomic mass is 32.2. The van der Waals surface area contributed by atoms with E-state index in [9.17, 15) is 18.3 Å². The first-order chi connectivity index (χ1) is 16.2. The summed E-state index contributed by atoms with van der Waals surface area (Å²) in [5.41, 5.74) is 1.82. The molecule has 3 atom stereocenters. The fourth-order valence-corrected chi connectivity index (χ4v) is 5.79. The number of hydrogen-bond acceptors (Lipinski definition) is 5.